The van der Waals surface area contributed by atoms with Crippen LogP contribution in [0.3, 0.4) is 0 Å². The number of cyclic esters (lactones) is 1. The molecular formula is C22H30F3N7O5. The molecular weight excluding hydrogens is 499 g/mol. The molecule has 1 unspecified atom stereocenters. The number of benzene rings is 1. The largest absolute Gasteiger partial charge is 0.419 e. The Morgan fingerprint density at radius 2 is 1.89 bits per heavy atom. The lowest BCUT2D eigenvalue weighted by Gasteiger charge is -2.33. The number of alkyl halides is 2. The number of halogens is 3. The quantitative estimate of drug-likeness (QED) is 0.459. The molecule has 1 aromatic rings. The fourth-order valence-corrected chi connectivity index (χ4v) is 4.02. The molecule has 1 aromatic carbocycles. The van der Waals surface area contributed by atoms with Crippen molar-refractivity contribution in [3.63, 3.8) is 0 Å². The van der Waals surface area contributed by atoms with Crippen LogP contribution >= 0.6 is 0 Å². The monoisotopic (exact) mass is 529 g/mol. The van der Waals surface area contributed by atoms with Crippen LogP contribution in [0.1, 0.15) is 0 Å². The van der Waals surface area contributed by atoms with Gasteiger partial charge < -0.3 is 25.0 Å². The lowest BCUT2D eigenvalue weighted by molar-refractivity contribution is -0.109. The van der Waals surface area contributed by atoms with E-state index in [2.05, 4.69) is 10.3 Å². The number of urea groups is 1. The van der Waals surface area contributed by atoms with Crippen molar-refractivity contribution in [2.24, 2.45) is 0 Å². The summed E-state index contributed by atoms with van der Waals surface area (Å²) in [5.41, 5.74) is 3.32. The van der Waals surface area contributed by atoms with Crippen molar-refractivity contribution in [3.8, 4) is 0 Å². The van der Waals surface area contributed by atoms with Crippen molar-refractivity contribution >= 4 is 23.5 Å². The van der Waals surface area contributed by atoms with Gasteiger partial charge in [0, 0.05) is 45.5 Å². The van der Waals surface area contributed by atoms with Gasteiger partial charge in [-0.15, -0.1) is 0 Å². The molecule has 4 rings (SSSR count). The van der Waals surface area contributed by atoms with E-state index in [0.29, 0.717) is 26.2 Å². The number of hydrazine groups is 1. The van der Waals surface area contributed by atoms with Crippen LogP contribution < -0.4 is 20.5 Å². The molecule has 0 aliphatic carbocycles. The van der Waals surface area contributed by atoms with Crippen LogP contribution in [0, 0.1) is 5.82 Å². The highest BCUT2D eigenvalue weighted by molar-refractivity contribution is 5.91. The highest BCUT2D eigenvalue weighted by Crippen LogP contribution is 2.29. The zero-order chi connectivity index (χ0) is 26.5. The summed E-state index contributed by atoms with van der Waals surface area (Å²) >= 11 is 0. The Balaban J connectivity index is 1.33. The molecule has 0 aromatic heterocycles. The minimum Gasteiger partial charge on any atom is -0.411 e. The van der Waals surface area contributed by atoms with Crippen LogP contribution in [-0.4, -0.2) is 111 Å². The second kappa shape index (κ2) is 11.9. The third kappa shape index (κ3) is 6.74. The zero-order valence-electron chi connectivity index (χ0n) is 20.3. The van der Waals surface area contributed by atoms with Gasteiger partial charge in [0.25, 0.3) is 6.43 Å². The van der Waals surface area contributed by atoms with E-state index in [-0.39, 0.29) is 42.9 Å². The normalized spacial score (nSPS) is 21.8. The minimum atomic E-state index is -3.02. The summed E-state index contributed by atoms with van der Waals surface area (Å²) in [7, 11) is 2.02. The van der Waals surface area contributed by atoms with Crippen LogP contribution in [0.5, 0.6) is 0 Å². The van der Waals surface area contributed by atoms with Gasteiger partial charge in [-0.1, -0.05) is 0 Å². The fourth-order valence-electron chi connectivity index (χ4n) is 4.02. The van der Waals surface area contributed by atoms with Crippen LogP contribution in [0.2, 0.25) is 0 Å². The average Bonchev–Trinajstić information content (AvgIpc) is 3.07. The predicted octanol–water partition coefficient (Wildman–Crippen LogP) is 0.722. The van der Waals surface area contributed by atoms with Gasteiger partial charge in [-0.05, 0) is 25.2 Å². The van der Waals surface area contributed by atoms with E-state index in [1.807, 2.05) is 17.4 Å². The Bertz CT molecular complexity index is 1010. The number of hydrogen-bond acceptors (Lipinski definition) is 9. The number of amides is 3. The number of aliphatic hydroxyl groups is 1. The Kier molecular flexibility index (Phi) is 8.58. The maximum Gasteiger partial charge on any atom is 0.419 e. The molecule has 0 saturated carbocycles. The highest BCUT2D eigenvalue weighted by atomic mass is 19.3. The number of aliphatic hydroxyl groups excluding tert-OH is 1. The molecule has 12 nitrogen and oxygen atoms in total. The number of carbonyl (C=O) groups excluding carboxylic acids is 2. The van der Waals surface area contributed by atoms with Gasteiger partial charge in [0.15, 0.2) is 6.23 Å². The Labute approximate surface area is 211 Å². The highest BCUT2D eigenvalue weighted by Gasteiger charge is 2.30. The number of hydrogen-bond donors (Lipinski definition) is 3. The van der Waals surface area contributed by atoms with Crippen molar-refractivity contribution < 1.29 is 37.4 Å². The topological polar surface area (TPSA) is 113 Å². The molecule has 3 fully saturated rings. The van der Waals surface area contributed by atoms with Gasteiger partial charge >= 0.3 is 12.1 Å². The molecule has 3 N–H and O–H groups in total. The van der Waals surface area contributed by atoms with E-state index in [4.69, 9.17) is 14.7 Å². The van der Waals surface area contributed by atoms with Gasteiger partial charge in [-0.3, -0.25) is 15.2 Å². The van der Waals surface area contributed by atoms with E-state index in [1.165, 1.54) is 23.3 Å². The SMILES string of the molecule is CN1CCN(NC(=O)N2CCN(c3ccc(N4C/C(=C/NC(O)C(F)F)OC4=O)cc3F)CCO2)CC1. The Morgan fingerprint density at radius 3 is 2.59 bits per heavy atom. The van der Waals surface area contributed by atoms with Crippen molar-refractivity contribution in [2.45, 2.75) is 12.7 Å². The van der Waals surface area contributed by atoms with Crippen LogP contribution in [0.25, 0.3) is 0 Å². The van der Waals surface area contributed by atoms with Crippen LogP contribution in [0.4, 0.5) is 34.1 Å². The molecule has 0 spiro atoms. The molecule has 3 aliphatic rings. The van der Waals surface area contributed by atoms with Crippen molar-refractivity contribution in [1.82, 2.24) is 25.7 Å². The number of hydroxylamine groups is 2. The fraction of sp³-hybridized carbons (Fsp3) is 0.545. The smallest absolute Gasteiger partial charge is 0.411 e. The van der Waals surface area contributed by atoms with E-state index in [1.54, 1.807) is 4.90 Å². The summed E-state index contributed by atoms with van der Waals surface area (Å²) in [6.45, 7) is 4.01. The number of likely N-dealkylation sites (N-methyl/N-ethyl adjacent to an activating group) is 1. The first kappa shape index (κ1) is 26.8. The third-order valence-corrected chi connectivity index (χ3v) is 6.16. The summed E-state index contributed by atoms with van der Waals surface area (Å²) in [6, 6.07) is 3.84. The summed E-state index contributed by atoms with van der Waals surface area (Å²) in [5, 5.41) is 14.2. The summed E-state index contributed by atoms with van der Waals surface area (Å²) in [6.07, 6.45) is -4.96. The maximum atomic E-state index is 15.1. The van der Waals surface area contributed by atoms with Crippen LogP contribution in [-0.2, 0) is 9.57 Å². The lowest BCUT2D eigenvalue weighted by Crippen LogP contribution is -2.55. The third-order valence-electron chi connectivity index (χ3n) is 6.16. The predicted molar refractivity (Wildman–Crippen MR) is 126 cm³/mol. The molecule has 3 amide bonds. The molecule has 1 atom stereocenters. The van der Waals surface area contributed by atoms with Gasteiger partial charge in [0.2, 0.25) is 0 Å². The summed E-state index contributed by atoms with van der Waals surface area (Å²) < 4.78 is 44.9. The molecule has 37 heavy (non-hydrogen) atoms. The number of carbonyl (C=O) groups is 2. The van der Waals surface area contributed by atoms with Crippen molar-refractivity contribution in [1.29, 1.82) is 0 Å². The number of rotatable bonds is 6. The summed E-state index contributed by atoms with van der Waals surface area (Å²) in [4.78, 5) is 35.4. The Morgan fingerprint density at radius 1 is 1.14 bits per heavy atom. The number of anilines is 2. The first-order valence-electron chi connectivity index (χ1n) is 11.8. The van der Waals surface area contributed by atoms with Crippen LogP contribution in [0.15, 0.2) is 30.2 Å². The molecule has 0 radical (unpaired) electrons. The molecule has 0 bridgehead atoms. The van der Waals surface area contributed by atoms with Crippen molar-refractivity contribution in [3.05, 3.63) is 36.0 Å². The van der Waals surface area contributed by atoms with E-state index < -0.39 is 24.6 Å². The zero-order valence-corrected chi connectivity index (χ0v) is 20.3. The number of nitrogens with one attached hydrogen (secondary N) is 2. The second-order valence-electron chi connectivity index (χ2n) is 8.78. The average molecular weight is 530 g/mol. The standard InChI is InChI=1S/C22H30F3N7O5/c1-28-4-7-30(8-5-28)27-21(34)32-9-6-29(10-11-36-32)18-3-2-15(12-17(18)23)31-14-16(37-22(31)35)13-26-20(33)19(24)25/h2-3,12-13,19-20,26,33H,4-11,14H2,1H3,(H,27,34)/b16-13-. The van der Waals surface area contributed by atoms with Gasteiger partial charge in [-0.2, -0.15) is 0 Å². The molecule has 3 heterocycles. The molecule has 204 valence electrons. The summed E-state index contributed by atoms with van der Waals surface area (Å²) in [5.74, 6) is -0.599. The lowest BCUT2D eigenvalue weighted by atomic mass is 10.2. The minimum absolute atomic E-state index is 0.00575. The van der Waals surface area contributed by atoms with Gasteiger partial charge in [-0.25, -0.2) is 32.8 Å². The molecule has 3 aliphatic heterocycles. The Hall–Kier alpha value is -3.27. The van der Waals surface area contributed by atoms with E-state index in [0.717, 1.165) is 24.2 Å². The molecule has 15 heteroatoms. The second-order valence-corrected chi connectivity index (χ2v) is 8.78. The van der Waals surface area contributed by atoms with Crippen molar-refractivity contribution in [2.75, 3.05) is 75.8 Å². The maximum absolute atomic E-state index is 15.1. The molecule has 3 saturated heterocycles. The number of ether oxygens (including phenoxy) is 1. The first-order valence-corrected chi connectivity index (χ1v) is 11.8. The number of nitrogens with zero attached hydrogens (tertiary/aromatic N) is 5. The van der Waals surface area contributed by atoms with E-state index >= 15 is 4.39 Å². The first-order chi connectivity index (χ1) is 17.7. The van der Waals surface area contributed by atoms with Gasteiger partial charge in [0.1, 0.15) is 11.6 Å². The van der Waals surface area contributed by atoms with Gasteiger partial charge in [0.05, 0.1) is 31.1 Å². The number of piperazine rings is 1. The van der Waals surface area contributed by atoms with E-state index in [9.17, 15) is 18.4 Å².